The minimum Gasteiger partial charge on any atom is -0.384 e. The van der Waals surface area contributed by atoms with Crippen LogP contribution in [0.25, 0.3) is 0 Å². The van der Waals surface area contributed by atoms with Crippen molar-refractivity contribution >= 4 is 11.8 Å². The Labute approximate surface area is 115 Å². The molecule has 1 aromatic carbocycles. The number of rotatable bonds is 1. The van der Waals surface area contributed by atoms with E-state index in [0.29, 0.717) is 18.7 Å². The van der Waals surface area contributed by atoms with Gasteiger partial charge in [0.05, 0.1) is 12.1 Å². The van der Waals surface area contributed by atoms with Gasteiger partial charge in [0.15, 0.2) is 0 Å². The summed E-state index contributed by atoms with van der Waals surface area (Å²) in [4.78, 5) is 25.0. The molecule has 1 aliphatic rings. The fourth-order valence-electron chi connectivity index (χ4n) is 1.92. The molecular formula is C14H13FN2O3. The Kier molecular flexibility index (Phi) is 4.33. The molecule has 0 radical (unpaired) electrons. The molecule has 0 unspecified atom stereocenters. The Morgan fingerprint density at radius 2 is 2.30 bits per heavy atom. The van der Waals surface area contributed by atoms with E-state index < -0.39 is 11.7 Å². The second kappa shape index (κ2) is 6.17. The van der Waals surface area contributed by atoms with Crippen molar-refractivity contribution in [2.24, 2.45) is 0 Å². The van der Waals surface area contributed by atoms with E-state index in [0.717, 1.165) is 6.07 Å². The van der Waals surface area contributed by atoms with Gasteiger partial charge in [-0.1, -0.05) is 11.8 Å². The SMILES string of the molecule is O=C1CN(C(=O)c2cc(F)ccc2C#CCO)CCN1. The van der Waals surface area contributed by atoms with Crippen molar-refractivity contribution in [3.8, 4) is 11.8 Å². The zero-order valence-electron chi connectivity index (χ0n) is 10.6. The minimum absolute atomic E-state index is 0.0534. The van der Waals surface area contributed by atoms with Crippen LogP contribution in [0.2, 0.25) is 0 Å². The molecule has 5 nitrogen and oxygen atoms in total. The highest BCUT2D eigenvalue weighted by molar-refractivity contribution is 5.99. The van der Waals surface area contributed by atoms with Gasteiger partial charge >= 0.3 is 0 Å². The first-order valence-electron chi connectivity index (χ1n) is 6.07. The van der Waals surface area contributed by atoms with Gasteiger partial charge in [-0.15, -0.1) is 0 Å². The van der Waals surface area contributed by atoms with Crippen molar-refractivity contribution in [3.05, 3.63) is 35.1 Å². The summed E-state index contributed by atoms with van der Waals surface area (Å²) in [7, 11) is 0. The van der Waals surface area contributed by atoms with E-state index in [1.54, 1.807) is 0 Å². The van der Waals surface area contributed by atoms with Crippen LogP contribution in [0.1, 0.15) is 15.9 Å². The number of nitrogens with zero attached hydrogens (tertiary/aromatic N) is 1. The van der Waals surface area contributed by atoms with E-state index >= 15 is 0 Å². The Morgan fingerprint density at radius 1 is 1.50 bits per heavy atom. The number of hydrogen-bond acceptors (Lipinski definition) is 3. The summed E-state index contributed by atoms with van der Waals surface area (Å²) in [5.41, 5.74) is 0.428. The number of piperazine rings is 1. The summed E-state index contributed by atoms with van der Waals surface area (Å²) in [5.74, 6) is 3.79. The molecule has 20 heavy (non-hydrogen) atoms. The molecule has 104 valence electrons. The number of benzene rings is 1. The lowest BCUT2D eigenvalue weighted by Crippen LogP contribution is -2.50. The lowest BCUT2D eigenvalue weighted by Gasteiger charge is -2.27. The molecule has 0 aromatic heterocycles. The smallest absolute Gasteiger partial charge is 0.255 e. The van der Waals surface area contributed by atoms with E-state index in [9.17, 15) is 14.0 Å². The van der Waals surface area contributed by atoms with Gasteiger partial charge in [0.25, 0.3) is 5.91 Å². The third kappa shape index (κ3) is 3.13. The lowest BCUT2D eigenvalue weighted by atomic mass is 10.1. The second-order valence-electron chi connectivity index (χ2n) is 4.23. The fraction of sp³-hybridized carbons (Fsp3) is 0.286. The monoisotopic (exact) mass is 276 g/mol. The highest BCUT2D eigenvalue weighted by atomic mass is 19.1. The molecule has 1 saturated heterocycles. The van der Waals surface area contributed by atoms with Crippen LogP contribution in [0.4, 0.5) is 4.39 Å². The molecule has 6 heteroatoms. The van der Waals surface area contributed by atoms with Crippen molar-refractivity contribution in [1.82, 2.24) is 10.2 Å². The van der Waals surface area contributed by atoms with Crippen molar-refractivity contribution in [1.29, 1.82) is 0 Å². The predicted molar refractivity (Wildman–Crippen MR) is 69.3 cm³/mol. The third-order valence-corrected chi connectivity index (χ3v) is 2.84. The molecule has 0 aliphatic carbocycles. The first-order valence-corrected chi connectivity index (χ1v) is 6.07. The molecule has 0 atom stereocenters. The summed E-state index contributed by atoms with van der Waals surface area (Å²) in [5, 5.41) is 11.3. The molecular weight excluding hydrogens is 263 g/mol. The van der Waals surface area contributed by atoms with Crippen LogP contribution in [0, 0.1) is 17.7 Å². The number of carbonyl (C=O) groups excluding carboxylic acids is 2. The van der Waals surface area contributed by atoms with E-state index in [1.165, 1.54) is 17.0 Å². The van der Waals surface area contributed by atoms with Crippen LogP contribution >= 0.6 is 0 Å². The maximum atomic E-state index is 13.3. The molecule has 0 spiro atoms. The Hall–Kier alpha value is -2.39. The summed E-state index contributed by atoms with van der Waals surface area (Å²) >= 11 is 0. The van der Waals surface area contributed by atoms with Gasteiger partial charge in [-0.25, -0.2) is 4.39 Å². The van der Waals surface area contributed by atoms with E-state index in [4.69, 9.17) is 5.11 Å². The standard InChI is InChI=1S/C14H13FN2O3/c15-11-4-3-10(2-1-7-18)12(8-11)14(20)17-6-5-16-13(19)9-17/h3-4,8,18H,5-7,9H2,(H,16,19). The van der Waals surface area contributed by atoms with E-state index in [1.807, 2.05) is 0 Å². The molecule has 2 N–H and O–H groups in total. The lowest BCUT2D eigenvalue weighted by molar-refractivity contribution is -0.123. The Bertz CT molecular complexity index is 604. The maximum absolute atomic E-state index is 13.3. The fourth-order valence-corrected chi connectivity index (χ4v) is 1.92. The molecule has 0 bridgehead atoms. The van der Waals surface area contributed by atoms with Crippen molar-refractivity contribution < 1.29 is 19.1 Å². The predicted octanol–water partition coefficient (Wildman–Crippen LogP) is -0.258. The summed E-state index contributed by atoms with van der Waals surface area (Å²) in [6, 6.07) is 3.67. The molecule has 2 amide bonds. The number of aliphatic hydroxyl groups is 1. The summed E-state index contributed by atoms with van der Waals surface area (Å²) < 4.78 is 13.3. The van der Waals surface area contributed by atoms with Crippen LogP contribution in [-0.2, 0) is 4.79 Å². The first-order chi connectivity index (χ1) is 9.61. The highest BCUT2D eigenvalue weighted by Gasteiger charge is 2.24. The quantitative estimate of drug-likeness (QED) is 0.694. The number of nitrogens with one attached hydrogen (secondary N) is 1. The van der Waals surface area contributed by atoms with Crippen molar-refractivity contribution in [2.75, 3.05) is 26.2 Å². The minimum atomic E-state index is -0.552. The molecule has 1 heterocycles. The number of carbonyl (C=O) groups is 2. The molecule has 1 aliphatic heterocycles. The largest absolute Gasteiger partial charge is 0.384 e. The average Bonchev–Trinajstić information content (AvgIpc) is 2.45. The van der Waals surface area contributed by atoms with Crippen LogP contribution in [0.15, 0.2) is 18.2 Å². The van der Waals surface area contributed by atoms with Gasteiger partial charge in [0.1, 0.15) is 12.4 Å². The molecule has 2 rings (SSSR count). The van der Waals surface area contributed by atoms with Crippen LogP contribution in [0.5, 0.6) is 0 Å². The van der Waals surface area contributed by atoms with Crippen LogP contribution in [0.3, 0.4) is 0 Å². The Morgan fingerprint density at radius 3 is 3.00 bits per heavy atom. The zero-order valence-corrected chi connectivity index (χ0v) is 10.6. The van der Waals surface area contributed by atoms with Gasteiger partial charge in [-0.2, -0.15) is 0 Å². The number of hydrogen-bond donors (Lipinski definition) is 2. The number of aliphatic hydroxyl groups excluding tert-OH is 1. The van der Waals surface area contributed by atoms with E-state index in [-0.39, 0.29) is 24.6 Å². The second-order valence-corrected chi connectivity index (χ2v) is 4.23. The van der Waals surface area contributed by atoms with Gasteiger partial charge < -0.3 is 15.3 Å². The van der Waals surface area contributed by atoms with Crippen LogP contribution in [-0.4, -0.2) is 48.1 Å². The number of halogens is 1. The highest BCUT2D eigenvalue weighted by Crippen LogP contribution is 2.14. The number of amides is 2. The van der Waals surface area contributed by atoms with Gasteiger partial charge in [-0.05, 0) is 18.2 Å². The third-order valence-electron chi connectivity index (χ3n) is 2.84. The summed E-state index contributed by atoms with van der Waals surface area (Å²) in [6.07, 6.45) is 0. The topological polar surface area (TPSA) is 69.6 Å². The zero-order chi connectivity index (χ0) is 14.5. The van der Waals surface area contributed by atoms with Gasteiger partial charge in [-0.3, -0.25) is 9.59 Å². The normalized spacial score (nSPS) is 14.3. The van der Waals surface area contributed by atoms with Crippen molar-refractivity contribution in [3.63, 3.8) is 0 Å². The Balaban J connectivity index is 2.32. The molecule has 1 aromatic rings. The van der Waals surface area contributed by atoms with E-state index in [2.05, 4.69) is 17.2 Å². The molecule has 1 fully saturated rings. The van der Waals surface area contributed by atoms with Crippen molar-refractivity contribution in [2.45, 2.75) is 0 Å². The van der Waals surface area contributed by atoms with Crippen LogP contribution < -0.4 is 5.32 Å². The first kappa shape index (κ1) is 14.0. The average molecular weight is 276 g/mol. The maximum Gasteiger partial charge on any atom is 0.255 e. The molecule has 0 saturated carbocycles. The van der Waals surface area contributed by atoms with Gasteiger partial charge in [0.2, 0.25) is 5.91 Å². The van der Waals surface area contributed by atoms with Gasteiger partial charge in [0, 0.05) is 18.7 Å². The summed E-state index contributed by atoms with van der Waals surface area (Å²) in [6.45, 7) is 0.338.